The third-order valence-electron chi connectivity index (χ3n) is 5.83. The zero-order chi connectivity index (χ0) is 32.6. The fourth-order valence-corrected chi connectivity index (χ4v) is 4.89. The molecule has 0 saturated carbocycles. The van der Waals surface area contributed by atoms with Crippen LogP contribution in [0.2, 0.25) is 0 Å². The molecular weight excluding hydrogens is 634 g/mol. The number of anilines is 1. The molecule has 0 bridgehead atoms. The van der Waals surface area contributed by atoms with Gasteiger partial charge in [0, 0.05) is 23.7 Å². The molecule has 22 heteroatoms. The van der Waals surface area contributed by atoms with Gasteiger partial charge in [0.15, 0.2) is 16.6 Å². The summed E-state index contributed by atoms with van der Waals surface area (Å²) < 4.78 is 43.1. The Morgan fingerprint density at radius 3 is 2.59 bits per heavy atom. The number of aliphatic carboxylic acids is 1. The Morgan fingerprint density at radius 2 is 2.00 bits per heavy atom. The average Bonchev–Trinajstić information content (AvgIpc) is 3.60. The number of carbonyl (C=O) groups excluding carboxylic acids is 3. The van der Waals surface area contributed by atoms with E-state index in [-0.39, 0.29) is 26.5 Å². The van der Waals surface area contributed by atoms with Crippen LogP contribution in [0, 0.1) is 0 Å². The lowest BCUT2D eigenvalue weighted by molar-refractivity contribution is -0.161. The molecule has 44 heavy (non-hydrogen) atoms. The molecule has 4 rings (SSSR count). The summed E-state index contributed by atoms with van der Waals surface area (Å²) in [5, 5.41) is 29.2. The number of thiazole rings is 1. The van der Waals surface area contributed by atoms with Gasteiger partial charge in [-0.3, -0.25) is 18.9 Å². The first-order chi connectivity index (χ1) is 20.5. The number of oxime groups is 1. The van der Waals surface area contributed by atoms with Crippen LogP contribution in [0.25, 0.3) is 11.4 Å². The molecule has 4 heterocycles. The molecule has 2 atom stereocenters. The van der Waals surface area contributed by atoms with Crippen LogP contribution >= 0.6 is 11.3 Å². The topological polar surface area (TPSA) is 307 Å². The normalized spacial score (nSPS) is 17.1. The smallest absolute Gasteiger partial charge is 0.377 e. The molecule has 3 aromatic rings. The Labute approximate surface area is 248 Å². The average molecular weight is 656 g/mol. The van der Waals surface area contributed by atoms with Gasteiger partial charge in [-0.05, 0) is 13.8 Å². The second kappa shape index (κ2) is 11.7. The van der Waals surface area contributed by atoms with Crippen LogP contribution < -0.4 is 16.5 Å². The van der Waals surface area contributed by atoms with Gasteiger partial charge in [0.1, 0.15) is 30.1 Å². The van der Waals surface area contributed by atoms with E-state index in [1.165, 1.54) is 5.38 Å². The number of carboxylic acid groups (broad SMARTS) is 1. The summed E-state index contributed by atoms with van der Waals surface area (Å²) in [7, 11) is -5.19. The van der Waals surface area contributed by atoms with Crippen molar-refractivity contribution in [1.82, 2.24) is 24.7 Å². The molecule has 0 aliphatic carbocycles. The van der Waals surface area contributed by atoms with Gasteiger partial charge in [0.05, 0.1) is 5.69 Å². The number of H-pyrrole nitrogens is 1. The number of aromatic amines is 1. The highest BCUT2D eigenvalue weighted by molar-refractivity contribution is 7.84. The molecule has 1 aliphatic heterocycles. The Bertz CT molecular complexity index is 1840. The maximum Gasteiger partial charge on any atom is 0.377 e. The van der Waals surface area contributed by atoms with E-state index in [0.717, 1.165) is 43.5 Å². The first-order valence-corrected chi connectivity index (χ1v) is 14.2. The van der Waals surface area contributed by atoms with Gasteiger partial charge >= 0.3 is 22.2 Å². The van der Waals surface area contributed by atoms with Crippen LogP contribution in [-0.4, -0.2) is 96.4 Å². The molecule has 234 valence electrons. The maximum absolute atomic E-state index is 13.1. The molecule has 0 unspecified atom stereocenters. The number of aromatic hydroxyl groups is 1. The van der Waals surface area contributed by atoms with Crippen LogP contribution in [0.4, 0.5) is 5.13 Å². The highest BCUT2D eigenvalue weighted by Gasteiger charge is 2.55. The number of carboxylic acids is 1. The van der Waals surface area contributed by atoms with E-state index in [1.807, 2.05) is 0 Å². The second-order valence-corrected chi connectivity index (χ2v) is 11.5. The predicted molar refractivity (Wildman–Crippen MR) is 144 cm³/mol. The molecule has 1 aliphatic rings. The zero-order valence-corrected chi connectivity index (χ0v) is 23.9. The summed E-state index contributed by atoms with van der Waals surface area (Å²) in [5.74, 6) is -6.24. The fourth-order valence-electron chi connectivity index (χ4n) is 3.48. The van der Waals surface area contributed by atoms with Gasteiger partial charge in [-0.15, -0.1) is 11.3 Å². The van der Waals surface area contributed by atoms with Gasteiger partial charge in [0.2, 0.25) is 16.8 Å². The first kappa shape index (κ1) is 31.6. The number of carbonyl (C=O) groups is 4. The van der Waals surface area contributed by atoms with Crippen molar-refractivity contribution in [2.75, 3.05) is 12.3 Å². The van der Waals surface area contributed by atoms with E-state index in [2.05, 4.69) is 25.6 Å². The summed E-state index contributed by atoms with van der Waals surface area (Å²) in [6.45, 7) is 1.37. The number of hydrogen-bond acceptors (Lipinski definition) is 16. The maximum atomic E-state index is 13.1. The van der Waals surface area contributed by atoms with Gasteiger partial charge < -0.3 is 40.3 Å². The number of amides is 2. The van der Waals surface area contributed by atoms with E-state index in [4.69, 9.17) is 19.8 Å². The van der Waals surface area contributed by atoms with Gasteiger partial charge in [-0.2, -0.15) is 8.42 Å². The molecule has 0 spiro atoms. The second-order valence-electron chi connectivity index (χ2n) is 9.32. The number of nitrogens with two attached hydrogens (primary N) is 1. The predicted octanol–water partition coefficient (Wildman–Crippen LogP) is -1.29. The molecule has 0 radical (unpaired) electrons. The van der Waals surface area contributed by atoms with E-state index < -0.39 is 81.0 Å². The Kier molecular flexibility index (Phi) is 8.42. The summed E-state index contributed by atoms with van der Waals surface area (Å²) in [6.07, 6.45) is 0.981. The summed E-state index contributed by atoms with van der Waals surface area (Å²) in [6, 6.07) is -1.35. The third-order valence-corrected chi connectivity index (χ3v) is 7.45. The van der Waals surface area contributed by atoms with Gasteiger partial charge in [0.25, 0.3) is 11.8 Å². The molecule has 1 saturated heterocycles. The van der Waals surface area contributed by atoms with E-state index in [9.17, 15) is 47.2 Å². The quantitative estimate of drug-likeness (QED) is 0.0460. The fraction of sp³-hybridized carbons (Fsp3) is 0.273. The monoisotopic (exact) mass is 655 g/mol. The van der Waals surface area contributed by atoms with Crippen molar-refractivity contribution in [3.8, 4) is 17.1 Å². The Morgan fingerprint density at radius 1 is 1.30 bits per heavy atom. The SMILES string of the molecule is CC(C)(O/N=C(\C(=O)N[C@@H]1C(=O)N(S(=O)(=O)O)[C@@H]1COC(=O)c1cc(-c2cc(=O)c(O)c[nH]2)no1)c1csc(N)n1)C(=O)O. The lowest BCUT2D eigenvalue weighted by Crippen LogP contribution is -2.73. The van der Waals surface area contributed by atoms with Crippen LogP contribution in [-0.2, 0) is 34.3 Å². The summed E-state index contributed by atoms with van der Waals surface area (Å²) in [4.78, 5) is 72.8. The molecule has 1 fully saturated rings. The summed E-state index contributed by atoms with van der Waals surface area (Å²) >= 11 is 0.890. The van der Waals surface area contributed by atoms with Crippen LogP contribution in [0.15, 0.2) is 38.2 Å². The number of hydrogen-bond donors (Lipinski definition) is 6. The molecule has 7 N–H and O–H groups in total. The van der Waals surface area contributed by atoms with E-state index in [1.54, 1.807) is 0 Å². The Hall–Kier alpha value is -5.35. The minimum Gasteiger partial charge on any atom is -0.503 e. The highest BCUT2D eigenvalue weighted by atomic mass is 32.2. The van der Waals surface area contributed by atoms with Crippen molar-refractivity contribution in [1.29, 1.82) is 0 Å². The van der Waals surface area contributed by atoms with Crippen LogP contribution in [0.3, 0.4) is 0 Å². The van der Waals surface area contributed by atoms with Crippen molar-refractivity contribution < 1.29 is 56.5 Å². The zero-order valence-electron chi connectivity index (χ0n) is 22.3. The first-order valence-electron chi connectivity index (χ1n) is 11.9. The summed E-state index contributed by atoms with van der Waals surface area (Å²) in [5.41, 5.74) is 2.16. The minimum atomic E-state index is -5.19. The van der Waals surface area contributed by atoms with Crippen molar-refractivity contribution >= 4 is 56.2 Å². The molecule has 0 aromatic carbocycles. The Balaban J connectivity index is 1.52. The highest BCUT2D eigenvalue weighted by Crippen LogP contribution is 2.25. The van der Waals surface area contributed by atoms with Crippen molar-refractivity contribution in [2.24, 2.45) is 5.16 Å². The van der Waals surface area contributed by atoms with Crippen molar-refractivity contribution in [3.63, 3.8) is 0 Å². The number of aromatic nitrogens is 3. The van der Waals surface area contributed by atoms with Gasteiger partial charge in [-0.1, -0.05) is 10.3 Å². The lowest BCUT2D eigenvalue weighted by Gasteiger charge is -2.43. The van der Waals surface area contributed by atoms with Crippen LogP contribution in [0.5, 0.6) is 5.75 Å². The molecule has 20 nitrogen and oxygen atoms in total. The number of rotatable bonds is 11. The standard InChI is InChI=1S/C22H21N7O13S2/c1-22(2,20(35)36)42-28-15(10-7-43-21(23)25-10)17(32)26-16-11(29(18(16)33)44(37,38)39)6-40-19(34)14-4-9(27-41-14)8-3-12(30)13(31)5-24-8/h3-5,7,11,16,31H,6H2,1-2H3,(H2,23,25)(H,24,30)(H,26,32)(H,35,36)(H,37,38,39)/b28-15-/t11-,16+/m1/s1. The van der Waals surface area contributed by atoms with E-state index >= 15 is 0 Å². The van der Waals surface area contributed by atoms with Crippen LogP contribution in [0.1, 0.15) is 30.1 Å². The molecule has 2 amide bonds. The number of pyridine rings is 1. The van der Waals surface area contributed by atoms with Crippen molar-refractivity contribution in [3.05, 3.63) is 45.4 Å². The van der Waals surface area contributed by atoms with E-state index in [0.29, 0.717) is 0 Å². The number of nitrogens with zero attached hydrogens (tertiary/aromatic N) is 4. The number of esters is 1. The minimum absolute atomic E-state index is 0.00704. The van der Waals surface area contributed by atoms with Gasteiger partial charge in [-0.25, -0.2) is 18.9 Å². The third kappa shape index (κ3) is 6.50. The largest absolute Gasteiger partial charge is 0.503 e. The lowest BCUT2D eigenvalue weighted by atomic mass is 9.99. The number of β-lactam (4-membered cyclic amide) rings is 1. The molecule has 3 aromatic heterocycles. The molecular formula is C22H21N7O13S2. The number of ether oxygens (including phenoxy) is 1. The number of nitrogen functional groups attached to an aromatic ring is 1. The van der Waals surface area contributed by atoms with Crippen molar-refractivity contribution in [2.45, 2.75) is 31.5 Å². The number of nitrogens with one attached hydrogen (secondary N) is 2.